The normalized spacial score (nSPS) is 10.6. The monoisotopic (exact) mass is 342 g/mol. The predicted molar refractivity (Wildman–Crippen MR) is 93.5 cm³/mol. The van der Waals surface area contributed by atoms with Gasteiger partial charge in [-0.1, -0.05) is 5.16 Å². The van der Waals surface area contributed by atoms with E-state index in [1.165, 1.54) is 0 Å². The van der Waals surface area contributed by atoms with Gasteiger partial charge in [-0.05, 0) is 55.5 Å². The third-order valence-electron chi connectivity index (χ3n) is 3.31. The van der Waals surface area contributed by atoms with Gasteiger partial charge in [0.05, 0.1) is 19.5 Å². The highest BCUT2D eigenvalue weighted by atomic mass is 32.2. The lowest BCUT2D eigenvalue weighted by atomic mass is 10.2. The molecule has 0 saturated heterocycles. The highest BCUT2D eigenvalue weighted by Crippen LogP contribution is 2.26. The molecular formula is C18H18N2O3S. The SMILES string of the molecule is CCOc1ccc(SCc2noc(-c3ccc(OC)cc3)n2)cc1. The smallest absolute Gasteiger partial charge is 0.257 e. The second-order valence-electron chi connectivity index (χ2n) is 4.94. The van der Waals surface area contributed by atoms with Crippen molar-refractivity contribution in [3.63, 3.8) is 0 Å². The van der Waals surface area contributed by atoms with E-state index in [0.29, 0.717) is 24.1 Å². The van der Waals surface area contributed by atoms with Crippen LogP contribution in [0.15, 0.2) is 57.9 Å². The third-order valence-corrected chi connectivity index (χ3v) is 4.32. The van der Waals surface area contributed by atoms with E-state index in [-0.39, 0.29) is 0 Å². The Balaban J connectivity index is 1.61. The second kappa shape index (κ2) is 7.88. The van der Waals surface area contributed by atoms with E-state index in [4.69, 9.17) is 14.0 Å². The first kappa shape index (κ1) is 16.4. The number of ether oxygens (including phenoxy) is 2. The molecule has 3 rings (SSSR count). The molecule has 0 atom stereocenters. The molecule has 0 aliphatic heterocycles. The van der Waals surface area contributed by atoms with Crippen molar-refractivity contribution in [3.8, 4) is 23.0 Å². The minimum atomic E-state index is 0.514. The van der Waals surface area contributed by atoms with Crippen molar-refractivity contribution < 1.29 is 14.0 Å². The summed E-state index contributed by atoms with van der Waals surface area (Å²) in [5.41, 5.74) is 0.876. The zero-order valence-corrected chi connectivity index (χ0v) is 14.4. The van der Waals surface area contributed by atoms with Crippen LogP contribution in [0, 0.1) is 0 Å². The third kappa shape index (κ3) is 4.08. The molecule has 0 bridgehead atoms. The van der Waals surface area contributed by atoms with E-state index in [1.807, 2.05) is 55.5 Å². The first-order valence-corrected chi connectivity index (χ1v) is 8.59. The van der Waals surface area contributed by atoms with Crippen molar-refractivity contribution in [1.29, 1.82) is 0 Å². The summed E-state index contributed by atoms with van der Waals surface area (Å²) < 4.78 is 15.9. The fourth-order valence-corrected chi connectivity index (χ4v) is 2.85. The number of benzene rings is 2. The molecule has 24 heavy (non-hydrogen) atoms. The van der Waals surface area contributed by atoms with Gasteiger partial charge < -0.3 is 14.0 Å². The molecule has 124 valence electrons. The number of hydrogen-bond donors (Lipinski definition) is 0. The van der Waals surface area contributed by atoms with Crippen LogP contribution < -0.4 is 9.47 Å². The molecule has 0 radical (unpaired) electrons. The second-order valence-corrected chi connectivity index (χ2v) is 5.99. The zero-order valence-electron chi connectivity index (χ0n) is 13.6. The quantitative estimate of drug-likeness (QED) is 0.592. The number of rotatable bonds is 7. The molecule has 6 heteroatoms. The van der Waals surface area contributed by atoms with Crippen LogP contribution in [0.2, 0.25) is 0 Å². The van der Waals surface area contributed by atoms with E-state index in [9.17, 15) is 0 Å². The summed E-state index contributed by atoms with van der Waals surface area (Å²) in [7, 11) is 1.64. The molecule has 0 amide bonds. The van der Waals surface area contributed by atoms with Crippen molar-refractivity contribution in [1.82, 2.24) is 10.1 Å². The van der Waals surface area contributed by atoms with Crippen LogP contribution in [0.3, 0.4) is 0 Å². The van der Waals surface area contributed by atoms with Crippen LogP contribution in [-0.4, -0.2) is 23.9 Å². The molecule has 5 nitrogen and oxygen atoms in total. The minimum absolute atomic E-state index is 0.514. The Morgan fingerprint density at radius 3 is 2.38 bits per heavy atom. The van der Waals surface area contributed by atoms with Crippen LogP contribution in [0.25, 0.3) is 11.5 Å². The number of thioether (sulfide) groups is 1. The lowest BCUT2D eigenvalue weighted by Crippen LogP contribution is -1.90. The largest absolute Gasteiger partial charge is 0.497 e. The molecule has 1 aromatic heterocycles. The molecule has 0 unspecified atom stereocenters. The van der Waals surface area contributed by atoms with Gasteiger partial charge in [-0.15, -0.1) is 11.8 Å². The Morgan fingerprint density at radius 2 is 1.71 bits per heavy atom. The summed E-state index contributed by atoms with van der Waals surface area (Å²) >= 11 is 1.65. The van der Waals surface area contributed by atoms with E-state index >= 15 is 0 Å². The highest BCUT2D eigenvalue weighted by Gasteiger charge is 2.09. The molecule has 2 aromatic carbocycles. The van der Waals surface area contributed by atoms with E-state index in [2.05, 4.69) is 10.1 Å². The number of aromatic nitrogens is 2. The lowest BCUT2D eigenvalue weighted by molar-refractivity contribution is 0.340. The van der Waals surface area contributed by atoms with E-state index in [0.717, 1.165) is 22.0 Å². The van der Waals surface area contributed by atoms with Crippen molar-refractivity contribution >= 4 is 11.8 Å². The molecule has 0 spiro atoms. The Bertz CT molecular complexity index is 770. The summed E-state index contributed by atoms with van der Waals surface area (Å²) in [5, 5.41) is 4.03. The molecule has 0 N–H and O–H groups in total. The molecular weight excluding hydrogens is 324 g/mol. The van der Waals surface area contributed by atoms with Gasteiger partial charge in [0.15, 0.2) is 5.82 Å². The van der Waals surface area contributed by atoms with Gasteiger partial charge in [0.1, 0.15) is 11.5 Å². The van der Waals surface area contributed by atoms with Gasteiger partial charge in [0.2, 0.25) is 0 Å². The van der Waals surface area contributed by atoms with Crippen molar-refractivity contribution in [2.24, 2.45) is 0 Å². The lowest BCUT2D eigenvalue weighted by Gasteiger charge is -2.03. The minimum Gasteiger partial charge on any atom is -0.497 e. The number of hydrogen-bond acceptors (Lipinski definition) is 6. The molecule has 0 saturated carbocycles. The van der Waals surface area contributed by atoms with Gasteiger partial charge in [-0.3, -0.25) is 0 Å². The van der Waals surface area contributed by atoms with Gasteiger partial charge in [0.25, 0.3) is 5.89 Å². The summed E-state index contributed by atoms with van der Waals surface area (Å²) in [6.07, 6.45) is 0. The van der Waals surface area contributed by atoms with Crippen molar-refractivity contribution in [2.45, 2.75) is 17.6 Å². The van der Waals surface area contributed by atoms with Crippen LogP contribution in [-0.2, 0) is 5.75 Å². The van der Waals surface area contributed by atoms with Crippen LogP contribution in [0.4, 0.5) is 0 Å². The maximum atomic E-state index is 5.43. The Labute approximate surface area is 145 Å². The van der Waals surface area contributed by atoms with E-state index in [1.54, 1.807) is 18.9 Å². The molecule has 3 aromatic rings. The van der Waals surface area contributed by atoms with Crippen LogP contribution in [0.5, 0.6) is 11.5 Å². The predicted octanol–water partition coefficient (Wildman–Crippen LogP) is 4.44. The first-order chi connectivity index (χ1) is 11.8. The average molecular weight is 342 g/mol. The number of methoxy groups -OCH3 is 1. The standard InChI is InChI=1S/C18H18N2O3S/c1-3-22-15-8-10-16(11-9-15)24-12-17-19-18(23-20-17)13-4-6-14(21-2)7-5-13/h4-11H,3,12H2,1-2H3. The Hall–Kier alpha value is -2.47. The Kier molecular flexibility index (Phi) is 5.38. The van der Waals surface area contributed by atoms with Gasteiger partial charge in [-0.2, -0.15) is 4.98 Å². The van der Waals surface area contributed by atoms with Crippen molar-refractivity contribution in [2.75, 3.05) is 13.7 Å². The maximum absolute atomic E-state index is 5.43. The molecule has 0 aliphatic carbocycles. The van der Waals surface area contributed by atoms with Gasteiger partial charge in [0, 0.05) is 10.5 Å². The maximum Gasteiger partial charge on any atom is 0.257 e. The van der Waals surface area contributed by atoms with Crippen molar-refractivity contribution in [3.05, 3.63) is 54.4 Å². The summed E-state index contributed by atoms with van der Waals surface area (Å²) in [5.74, 6) is 3.50. The summed E-state index contributed by atoms with van der Waals surface area (Å²) in [6, 6.07) is 15.5. The van der Waals surface area contributed by atoms with E-state index < -0.39 is 0 Å². The zero-order chi connectivity index (χ0) is 16.8. The Morgan fingerprint density at radius 1 is 1.00 bits per heavy atom. The fourth-order valence-electron chi connectivity index (χ4n) is 2.11. The molecule has 1 heterocycles. The van der Waals surface area contributed by atoms with Crippen LogP contribution in [0.1, 0.15) is 12.7 Å². The summed E-state index contributed by atoms with van der Waals surface area (Å²) in [6.45, 7) is 2.64. The fraction of sp³-hybridized carbons (Fsp3) is 0.222. The van der Waals surface area contributed by atoms with Gasteiger partial charge in [-0.25, -0.2) is 0 Å². The molecule has 0 fully saturated rings. The number of nitrogens with zero attached hydrogens (tertiary/aromatic N) is 2. The topological polar surface area (TPSA) is 57.4 Å². The molecule has 0 aliphatic rings. The van der Waals surface area contributed by atoms with Crippen LogP contribution >= 0.6 is 11.8 Å². The van der Waals surface area contributed by atoms with Gasteiger partial charge >= 0.3 is 0 Å². The summed E-state index contributed by atoms with van der Waals surface area (Å²) in [4.78, 5) is 5.57. The first-order valence-electron chi connectivity index (χ1n) is 7.61. The highest BCUT2D eigenvalue weighted by molar-refractivity contribution is 7.98. The average Bonchev–Trinajstić information content (AvgIpc) is 3.10.